The standard InChI is InChI=1S/C28H46O/c1-19(2)8-6-9-20(3)23-13-14-25-22-11-12-24-21(18-29)10-7-16-27(24,4)26(22)15-17-28(23,25)5/h7,16,18-26H,6,8-15,17H2,1-5H3/t20-,21?,22+,23-,24?,25+,26+,27+,28-/m1/s1. The molecule has 0 heterocycles. The van der Waals surface area contributed by atoms with Crippen LogP contribution in [0.15, 0.2) is 12.2 Å². The van der Waals surface area contributed by atoms with E-state index in [4.69, 9.17) is 0 Å². The molecule has 0 bridgehead atoms. The minimum atomic E-state index is 0.273. The first-order valence-electron chi connectivity index (χ1n) is 12.9. The lowest BCUT2D eigenvalue weighted by molar-refractivity contribution is -0.123. The number of allylic oxidation sites excluding steroid dienone is 2. The molecule has 3 saturated carbocycles. The van der Waals surface area contributed by atoms with E-state index in [2.05, 4.69) is 46.8 Å². The van der Waals surface area contributed by atoms with Crippen LogP contribution in [0.25, 0.3) is 0 Å². The Morgan fingerprint density at radius 2 is 1.72 bits per heavy atom. The van der Waals surface area contributed by atoms with Crippen LogP contribution in [0.2, 0.25) is 0 Å². The van der Waals surface area contributed by atoms with Crippen LogP contribution in [-0.2, 0) is 4.79 Å². The Labute approximate surface area is 180 Å². The first-order valence-corrected chi connectivity index (χ1v) is 12.9. The van der Waals surface area contributed by atoms with Crippen molar-refractivity contribution in [2.45, 2.75) is 98.8 Å². The summed E-state index contributed by atoms with van der Waals surface area (Å²) in [5, 5.41) is 0. The van der Waals surface area contributed by atoms with Crippen LogP contribution in [-0.4, -0.2) is 6.29 Å². The second kappa shape index (κ2) is 8.16. The second-order valence-electron chi connectivity index (χ2n) is 12.4. The highest BCUT2D eigenvalue weighted by atomic mass is 16.1. The largest absolute Gasteiger partial charge is 0.303 e. The maximum Gasteiger partial charge on any atom is 0.123 e. The lowest BCUT2D eigenvalue weighted by Crippen LogP contribution is -2.53. The summed E-state index contributed by atoms with van der Waals surface area (Å²) in [6, 6.07) is 0. The van der Waals surface area contributed by atoms with E-state index in [1.54, 1.807) is 0 Å². The molecule has 2 unspecified atom stereocenters. The van der Waals surface area contributed by atoms with Crippen LogP contribution < -0.4 is 0 Å². The highest BCUT2D eigenvalue weighted by Crippen LogP contribution is 2.68. The van der Waals surface area contributed by atoms with Crippen molar-refractivity contribution in [1.29, 1.82) is 0 Å². The van der Waals surface area contributed by atoms with Crippen molar-refractivity contribution in [2.24, 2.45) is 58.2 Å². The average molecular weight is 399 g/mol. The van der Waals surface area contributed by atoms with Crippen LogP contribution in [0.3, 0.4) is 0 Å². The second-order valence-corrected chi connectivity index (χ2v) is 12.4. The van der Waals surface area contributed by atoms with Gasteiger partial charge in [0, 0.05) is 5.92 Å². The van der Waals surface area contributed by atoms with Crippen molar-refractivity contribution < 1.29 is 4.79 Å². The van der Waals surface area contributed by atoms with Crippen molar-refractivity contribution in [3.8, 4) is 0 Å². The fraction of sp³-hybridized carbons (Fsp3) is 0.893. The van der Waals surface area contributed by atoms with Gasteiger partial charge in [0.15, 0.2) is 0 Å². The Bertz CT molecular complexity index is 620. The highest BCUT2D eigenvalue weighted by molar-refractivity contribution is 5.55. The molecule has 0 aromatic rings. The molecule has 0 aliphatic heterocycles. The summed E-state index contributed by atoms with van der Waals surface area (Å²) in [6.07, 6.45) is 19.9. The Kier molecular flexibility index (Phi) is 6.09. The van der Waals surface area contributed by atoms with Crippen molar-refractivity contribution in [3.05, 3.63) is 12.2 Å². The quantitative estimate of drug-likeness (QED) is 0.331. The summed E-state index contributed by atoms with van der Waals surface area (Å²) in [7, 11) is 0. The van der Waals surface area contributed by atoms with Crippen molar-refractivity contribution in [1.82, 2.24) is 0 Å². The summed E-state index contributed by atoms with van der Waals surface area (Å²) in [5.41, 5.74) is 0.846. The number of hydrogen-bond donors (Lipinski definition) is 0. The molecule has 9 atom stereocenters. The van der Waals surface area contributed by atoms with Crippen molar-refractivity contribution >= 4 is 6.29 Å². The summed E-state index contributed by atoms with van der Waals surface area (Å²) in [5.74, 6) is 6.20. The van der Waals surface area contributed by atoms with Gasteiger partial charge in [0.1, 0.15) is 6.29 Å². The maximum absolute atomic E-state index is 11.8. The number of hydrogen-bond acceptors (Lipinski definition) is 1. The first-order chi connectivity index (χ1) is 13.8. The Balaban J connectivity index is 1.50. The van der Waals surface area contributed by atoms with Gasteiger partial charge < -0.3 is 4.79 Å². The number of carbonyl (C=O) groups is 1. The van der Waals surface area contributed by atoms with Gasteiger partial charge in [-0.15, -0.1) is 0 Å². The zero-order chi connectivity index (χ0) is 20.8. The van der Waals surface area contributed by atoms with Gasteiger partial charge in [0.2, 0.25) is 0 Å². The molecule has 0 radical (unpaired) electrons. The summed E-state index contributed by atoms with van der Waals surface area (Å²) in [6.45, 7) is 12.5. The molecular weight excluding hydrogens is 352 g/mol. The molecule has 0 aromatic heterocycles. The topological polar surface area (TPSA) is 17.1 Å². The lowest BCUT2D eigenvalue weighted by atomic mass is 9.44. The molecule has 1 nitrogen and oxygen atoms in total. The van der Waals surface area contributed by atoms with E-state index in [-0.39, 0.29) is 11.3 Å². The Morgan fingerprint density at radius 3 is 2.45 bits per heavy atom. The summed E-state index contributed by atoms with van der Waals surface area (Å²) in [4.78, 5) is 11.8. The Hall–Kier alpha value is -0.590. The first kappa shape index (κ1) is 21.6. The molecule has 4 aliphatic rings. The molecule has 4 rings (SSSR count). The molecule has 164 valence electrons. The summed E-state index contributed by atoms with van der Waals surface area (Å²) >= 11 is 0. The van der Waals surface area contributed by atoms with E-state index < -0.39 is 0 Å². The van der Waals surface area contributed by atoms with E-state index in [9.17, 15) is 4.79 Å². The fourth-order valence-electron chi connectivity index (χ4n) is 9.16. The van der Waals surface area contributed by atoms with Crippen LogP contribution in [0, 0.1) is 58.2 Å². The normalized spacial score (nSPS) is 47.4. The fourth-order valence-corrected chi connectivity index (χ4v) is 9.16. The number of rotatable bonds is 6. The van der Waals surface area contributed by atoms with Gasteiger partial charge in [-0.25, -0.2) is 0 Å². The van der Waals surface area contributed by atoms with Gasteiger partial charge in [0.05, 0.1) is 0 Å². The molecule has 0 spiro atoms. The average Bonchev–Trinajstić information content (AvgIpc) is 3.03. The minimum absolute atomic E-state index is 0.273. The zero-order valence-corrected chi connectivity index (χ0v) is 19.8. The molecule has 0 saturated heterocycles. The lowest BCUT2D eigenvalue weighted by Gasteiger charge is -2.60. The van der Waals surface area contributed by atoms with Gasteiger partial charge in [-0.05, 0) is 97.2 Å². The SMILES string of the molecule is CC(C)CCC[C@@H](C)[C@H]1CC[C@H]2[C@@H]3CCC4C(C=O)CC=C[C@]4(C)[C@H]3CC[C@]12C. The third-order valence-corrected chi connectivity index (χ3v) is 10.6. The number of fused-ring (bicyclic) bond motifs is 5. The molecule has 0 N–H and O–H groups in total. The van der Waals surface area contributed by atoms with Gasteiger partial charge >= 0.3 is 0 Å². The third-order valence-electron chi connectivity index (χ3n) is 10.6. The van der Waals surface area contributed by atoms with Crippen LogP contribution >= 0.6 is 0 Å². The van der Waals surface area contributed by atoms with Gasteiger partial charge in [0.25, 0.3) is 0 Å². The zero-order valence-electron chi connectivity index (χ0n) is 19.8. The highest BCUT2D eigenvalue weighted by Gasteiger charge is 2.60. The predicted molar refractivity (Wildman–Crippen MR) is 123 cm³/mol. The summed E-state index contributed by atoms with van der Waals surface area (Å²) < 4.78 is 0. The van der Waals surface area contributed by atoms with E-state index >= 15 is 0 Å². The van der Waals surface area contributed by atoms with Gasteiger partial charge in [-0.3, -0.25) is 0 Å². The van der Waals surface area contributed by atoms with Crippen LogP contribution in [0.5, 0.6) is 0 Å². The number of aldehydes is 1. The van der Waals surface area contributed by atoms with Crippen LogP contribution in [0.4, 0.5) is 0 Å². The third kappa shape index (κ3) is 3.57. The van der Waals surface area contributed by atoms with E-state index in [1.165, 1.54) is 64.1 Å². The number of carbonyl (C=O) groups excluding carboxylic acids is 1. The predicted octanol–water partition coefficient (Wildman–Crippen LogP) is 7.70. The Morgan fingerprint density at radius 1 is 0.966 bits per heavy atom. The molecular formula is C28H46O. The van der Waals surface area contributed by atoms with Crippen molar-refractivity contribution in [2.75, 3.05) is 0 Å². The smallest absolute Gasteiger partial charge is 0.123 e. The molecule has 0 aromatic carbocycles. The van der Waals surface area contributed by atoms with E-state index in [1.807, 2.05) is 0 Å². The van der Waals surface area contributed by atoms with Crippen molar-refractivity contribution in [3.63, 3.8) is 0 Å². The van der Waals surface area contributed by atoms with E-state index in [0.29, 0.717) is 11.3 Å². The maximum atomic E-state index is 11.8. The van der Waals surface area contributed by atoms with Gasteiger partial charge in [-0.2, -0.15) is 0 Å². The monoisotopic (exact) mass is 398 g/mol. The minimum Gasteiger partial charge on any atom is -0.303 e. The van der Waals surface area contributed by atoms with Gasteiger partial charge in [-0.1, -0.05) is 66.0 Å². The molecule has 0 amide bonds. The van der Waals surface area contributed by atoms with E-state index in [0.717, 1.165) is 41.9 Å². The molecule has 29 heavy (non-hydrogen) atoms. The molecule has 3 fully saturated rings. The van der Waals surface area contributed by atoms with Crippen LogP contribution in [0.1, 0.15) is 98.8 Å². The molecule has 4 aliphatic carbocycles. The molecule has 1 heteroatoms.